The molecule has 1 aromatic rings. The fourth-order valence-electron chi connectivity index (χ4n) is 1.47. The van der Waals surface area contributed by atoms with Crippen molar-refractivity contribution in [2.24, 2.45) is 10.7 Å². The van der Waals surface area contributed by atoms with Crippen LogP contribution in [0.25, 0.3) is 0 Å². The standard InChI is InChI=1S/C12H20N4O.HI/c1-4-16-7-5-6-10(11(16)17)8-14-12(13)15-9(2)3;/h5-7,9H,4,8H2,1-3H3,(H3,13,14,15);1H. The summed E-state index contributed by atoms with van der Waals surface area (Å²) in [7, 11) is 0. The molecule has 0 fully saturated rings. The first-order valence-electron chi connectivity index (χ1n) is 5.79. The summed E-state index contributed by atoms with van der Waals surface area (Å²) < 4.78 is 1.65. The quantitative estimate of drug-likeness (QED) is 0.481. The lowest BCUT2D eigenvalue weighted by molar-refractivity contribution is 0.709. The Balaban J connectivity index is 0.00000289. The third kappa shape index (κ3) is 5.07. The molecule has 0 bridgehead atoms. The van der Waals surface area contributed by atoms with Crippen molar-refractivity contribution >= 4 is 29.9 Å². The number of nitrogens with zero attached hydrogens (tertiary/aromatic N) is 2. The van der Waals surface area contributed by atoms with E-state index in [1.807, 2.05) is 26.8 Å². The first-order chi connectivity index (χ1) is 8.04. The van der Waals surface area contributed by atoms with Gasteiger partial charge in [0.05, 0.1) is 6.54 Å². The second-order valence-corrected chi connectivity index (χ2v) is 4.13. The molecular weight excluding hydrogens is 343 g/mol. The molecule has 0 unspecified atom stereocenters. The van der Waals surface area contributed by atoms with Crippen molar-refractivity contribution < 1.29 is 0 Å². The summed E-state index contributed by atoms with van der Waals surface area (Å²) >= 11 is 0. The van der Waals surface area contributed by atoms with E-state index in [1.165, 1.54) is 0 Å². The Morgan fingerprint density at radius 2 is 2.22 bits per heavy atom. The van der Waals surface area contributed by atoms with Crippen LogP contribution >= 0.6 is 24.0 Å². The van der Waals surface area contributed by atoms with E-state index in [4.69, 9.17) is 5.73 Å². The third-order valence-electron chi connectivity index (χ3n) is 2.30. The van der Waals surface area contributed by atoms with Crippen molar-refractivity contribution in [3.63, 3.8) is 0 Å². The van der Waals surface area contributed by atoms with E-state index in [2.05, 4.69) is 10.3 Å². The van der Waals surface area contributed by atoms with Gasteiger partial charge in [0.25, 0.3) is 5.56 Å². The predicted octanol–water partition coefficient (Wildman–Crippen LogP) is 1.30. The van der Waals surface area contributed by atoms with Crippen LogP contribution in [0, 0.1) is 0 Å². The van der Waals surface area contributed by atoms with E-state index < -0.39 is 0 Å². The summed E-state index contributed by atoms with van der Waals surface area (Å²) in [5.41, 5.74) is 6.32. The zero-order chi connectivity index (χ0) is 12.8. The Morgan fingerprint density at radius 1 is 1.56 bits per heavy atom. The summed E-state index contributed by atoms with van der Waals surface area (Å²) in [5, 5.41) is 2.98. The minimum atomic E-state index is -0.00361. The van der Waals surface area contributed by atoms with Gasteiger partial charge >= 0.3 is 0 Å². The van der Waals surface area contributed by atoms with Gasteiger partial charge in [-0.1, -0.05) is 6.07 Å². The number of hydrogen-bond acceptors (Lipinski definition) is 2. The SMILES string of the molecule is CCn1cccc(CN=C(N)NC(C)C)c1=O.I. The summed E-state index contributed by atoms with van der Waals surface area (Å²) in [6, 6.07) is 3.87. The molecule has 0 atom stereocenters. The topological polar surface area (TPSA) is 72.4 Å². The maximum Gasteiger partial charge on any atom is 0.255 e. The van der Waals surface area contributed by atoms with E-state index in [-0.39, 0.29) is 35.6 Å². The van der Waals surface area contributed by atoms with Crippen LogP contribution in [0.2, 0.25) is 0 Å². The number of guanidine groups is 1. The fourth-order valence-corrected chi connectivity index (χ4v) is 1.47. The number of pyridine rings is 1. The van der Waals surface area contributed by atoms with Crippen LogP contribution in [-0.4, -0.2) is 16.6 Å². The van der Waals surface area contributed by atoms with Gasteiger partial charge in [-0.05, 0) is 26.8 Å². The summed E-state index contributed by atoms with van der Waals surface area (Å²) in [6.07, 6.45) is 1.77. The number of nitrogens with two attached hydrogens (primary N) is 1. The molecule has 0 saturated heterocycles. The van der Waals surface area contributed by atoms with Crippen LogP contribution < -0.4 is 16.6 Å². The lowest BCUT2D eigenvalue weighted by Gasteiger charge is -2.08. The number of hydrogen-bond donors (Lipinski definition) is 2. The van der Waals surface area contributed by atoms with E-state index >= 15 is 0 Å². The molecule has 0 aromatic carbocycles. The van der Waals surface area contributed by atoms with Crippen LogP contribution in [-0.2, 0) is 13.1 Å². The van der Waals surface area contributed by atoms with E-state index in [1.54, 1.807) is 16.8 Å². The molecule has 5 nitrogen and oxygen atoms in total. The van der Waals surface area contributed by atoms with Gasteiger partial charge in [0.2, 0.25) is 0 Å². The number of aliphatic imine (C=N–C) groups is 1. The Labute approximate surface area is 125 Å². The van der Waals surface area contributed by atoms with Crippen molar-refractivity contribution in [3.8, 4) is 0 Å². The zero-order valence-electron chi connectivity index (χ0n) is 11.0. The summed E-state index contributed by atoms with van der Waals surface area (Å²) in [5.74, 6) is 0.367. The number of aryl methyl sites for hydroxylation is 1. The third-order valence-corrected chi connectivity index (χ3v) is 2.30. The number of nitrogens with one attached hydrogen (secondary N) is 1. The van der Waals surface area contributed by atoms with Gasteiger partial charge in [0.15, 0.2) is 5.96 Å². The largest absolute Gasteiger partial charge is 0.370 e. The Hall–Kier alpha value is -1.05. The average Bonchev–Trinajstić information content (AvgIpc) is 2.27. The van der Waals surface area contributed by atoms with E-state index in [0.717, 1.165) is 0 Å². The maximum atomic E-state index is 11.9. The lowest BCUT2D eigenvalue weighted by Crippen LogP contribution is -2.36. The molecule has 102 valence electrons. The average molecular weight is 364 g/mol. The molecular formula is C12H21IN4O. The molecule has 1 rings (SSSR count). The van der Waals surface area contributed by atoms with Gasteiger partial charge in [-0.25, -0.2) is 4.99 Å². The molecule has 0 aliphatic carbocycles. The van der Waals surface area contributed by atoms with Gasteiger partial charge in [-0.15, -0.1) is 24.0 Å². The number of halogens is 1. The van der Waals surface area contributed by atoms with Gasteiger partial charge in [-0.2, -0.15) is 0 Å². The van der Waals surface area contributed by atoms with Crippen molar-refractivity contribution in [1.82, 2.24) is 9.88 Å². The second-order valence-electron chi connectivity index (χ2n) is 4.13. The van der Waals surface area contributed by atoms with Crippen LogP contribution in [0.5, 0.6) is 0 Å². The van der Waals surface area contributed by atoms with Crippen molar-refractivity contribution in [2.75, 3.05) is 0 Å². The summed E-state index contributed by atoms with van der Waals surface area (Å²) in [6.45, 7) is 6.87. The smallest absolute Gasteiger partial charge is 0.255 e. The van der Waals surface area contributed by atoms with Crippen LogP contribution in [0.15, 0.2) is 28.1 Å². The Morgan fingerprint density at radius 3 is 2.78 bits per heavy atom. The Kier molecular flexibility index (Phi) is 7.65. The first kappa shape index (κ1) is 16.9. The molecule has 6 heteroatoms. The van der Waals surface area contributed by atoms with E-state index in [9.17, 15) is 4.79 Å². The zero-order valence-corrected chi connectivity index (χ0v) is 13.3. The molecule has 0 aliphatic rings. The molecule has 3 N–H and O–H groups in total. The van der Waals surface area contributed by atoms with E-state index in [0.29, 0.717) is 24.6 Å². The minimum Gasteiger partial charge on any atom is -0.370 e. The first-order valence-corrected chi connectivity index (χ1v) is 5.79. The van der Waals surface area contributed by atoms with Crippen LogP contribution in [0.4, 0.5) is 0 Å². The number of aromatic nitrogens is 1. The Bertz CT molecular complexity index is 454. The lowest BCUT2D eigenvalue weighted by atomic mass is 10.3. The molecule has 0 spiro atoms. The van der Waals surface area contributed by atoms with Crippen LogP contribution in [0.1, 0.15) is 26.3 Å². The highest BCUT2D eigenvalue weighted by molar-refractivity contribution is 14.0. The molecule has 1 aromatic heterocycles. The summed E-state index contributed by atoms with van der Waals surface area (Å²) in [4.78, 5) is 16.0. The highest BCUT2D eigenvalue weighted by atomic mass is 127. The van der Waals surface area contributed by atoms with Gasteiger partial charge in [0, 0.05) is 24.3 Å². The number of rotatable bonds is 4. The monoisotopic (exact) mass is 364 g/mol. The molecule has 1 heterocycles. The van der Waals surface area contributed by atoms with Crippen LogP contribution in [0.3, 0.4) is 0 Å². The highest BCUT2D eigenvalue weighted by Crippen LogP contribution is 1.94. The van der Waals surface area contributed by atoms with Crippen molar-refractivity contribution in [2.45, 2.75) is 39.9 Å². The normalized spacial score (nSPS) is 11.2. The molecule has 18 heavy (non-hydrogen) atoms. The molecule has 0 saturated carbocycles. The fraction of sp³-hybridized carbons (Fsp3) is 0.500. The van der Waals surface area contributed by atoms with Crippen molar-refractivity contribution in [3.05, 3.63) is 34.2 Å². The van der Waals surface area contributed by atoms with Gasteiger partial charge < -0.3 is 15.6 Å². The molecule has 0 aliphatic heterocycles. The van der Waals surface area contributed by atoms with Gasteiger partial charge in [-0.3, -0.25) is 4.79 Å². The highest BCUT2D eigenvalue weighted by Gasteiger charge is 2.01. The maximum absolute atomic E-state index is 11.9. The predicted molar refractivity (Wildman–Crippen MR) is 85.4 cm³/mol. The molecule has 0 radical (unpaired) electrons. The van der Waals surface area contributed by atoms with Crippen molar-refractivity contribution in [1.29, 1.82) is 0 Å². The second kappa shape index (κ2) is 8.12. The van der Waals surface area contributed by atoms with Gasteiger partial charge in [0.1, 0.15) is 0 Å². The molecule has 0 amide bonds. The minimum absolute atomic E-state index is 0.